The van der Waals surface area contributed by atoms with Gasteiger partial charge < -0.3 is 10.5 Å². The number of benzene rings is 1. The van der Waals surface area contributed by atoms with Crippen molar-refractivity contribution in [3.8, 4) is 0 Å². The van der Waals surface area contributed by atoms with Gasteiger partial charge in [0.25, 0.3) is 0 Å². The summed E-state index contributed by atoms with van der Waals surface area (Å²) in [6, 6.07) is 4.11. The molecule has 0 aliphatic heterocycles. The average Bonchev–Trinajstić information content (AvgIpc) is 2.20. The van der Waals surface area contributed by atoms with Crippen LogP contribution in [0.4, 0.5) is 4.39 Å². The van der Waals surface area contributed by atoms with Crippen molar-refractivity contribution in [2.45, 2.75) is 38.8 Å². The second kappa shape index (κ2) is 5.80. The highest BCUT2D eigenvalue weighted by Crippen LogP contribution is 2.18. The van der Waals surface area contributed by atoms with Crippen LogP contribution in [0.3, 0.4) is 0 Å². The minimum atomic E-state index is -0.298. The fraction of sp³-hybridized carbons (Fsp3) is 0.538. The van der Waals surface area contributed by atoms with Crippen LogP contribution in [0, 0.1) is 5.82 Å². The van der Waals surface area contributed by atoms with Crippen molar-refractivity contribution < 1.29 is 9.13 Å². The van der Waals surface area contributed by atoms with Crippen molar-refractivity contribution in [1.82, 2.24) is 0 Å². The SMILES string of the molecule is CC(C)(C)OCC(N)Cc1cc(F)ccc1Cl. The molecule has 96 valence electrons. The Morgan fingerprint density at radius 3 is 2.65 bits per heavy atom. The Morgan fingerprint density at radius 1 is 1.41 bits per heavy atom. The van der Waals surface area contributed by atoms with Gasteiger partial charge in [0.1, 0.15) is 5.82 Å². The zero-order valence-corrected chi connectivity index (χ0v) is 11.2. The van der Waals surface area contributed by atoms with Crippen molar-refractivity contribution in [3.63, 3.8) is 0 Å². The maximum Gasteiger partial charge on any atom is 0.123 e. The van der Waals surface area contributed by atoms with Crippen LogP contribution in [-0.2, 0) is 11.2 Å². The van der Waals surface area contributed by atoms with Gasteiger partial charge in [0, 0.05) is 11.1 Å². The second-order valence-electron chi connectivity index (χ2n) is 5.12. The number of halogens is 2. The first-order valence-electron chi connectivity index (χ1n) is 5.61. The number of hydrogen-bond acceptors (Lipinski definition) is 2. The lowest BCUT2D eigenvalue weighted by atomic mass is 10.1. The monoisotopic (exact) mass is 259 g/mol. The van der Waals surface area contributed by atoms with Crippen molar-refractivity contribution >= 4 is 11.6 Å². The predicted molar refractivity (Wildman–Crippen MR) is 68.8 cm³/mol. The van der Waals surface area contributed by atoms with Crippen LogP contribution in [0.2, 0.25) is 5.02 Å². The van der Waals surface area contributed by atoms with Crippen molar-refractivity contribution in [2.75, 3.05) is 6.61 Å². The molecule has 0 saturated heterocycles. The summed E-state index contributed by atoms with van der Waals surface area (Å²) < 4.78 is 18.6. The highest BCUT2D eigenvalue weighted by Gasteiger charge is 2.14. The third-order valence-corrected chi connectivity index (χ3v) is 2.59. The quantitative estimate of drug-likeness (QED) is 0.902. The van der Waals surface area contributed by atoms with Crippen LogP contribution < -0.4 is 5.73 Å². The molecule has 0 bridgehead atoms. The summed E-state index contributed by atoms with van der Waals surface area (Å²) in [5, 5.41) is 0.539. The van der Waals surface area contributed by atoms with E-state index in [0.29, 0.717) is 18.1 Å². The summed E-state index contributed by atoms with van der Waals surface area (Å²) in [5.74, 6) is -0.298. The maximum absolute atomic E-state index is 13.0. The van der Waals surface area contributed by atoms with E-state index in [1.54, 1.807) is 6.07 Å². The van der Waals surface area contributed by atoms with Crippen LogP contribution in [0.25, 0.3) is 0 Å². The van der Waals surface area contributed by atoms with E-state index in [0.717, 1.165) is 5.56 Å². The molecule has 2 N–H and O–H groups in total. The summed E-state index contributed by atoms with van der Waals surface area (Å²) in [7, 11) is 0. The molecule has 1 aromatic carbocycles. The van der Waals surface area contributed by atoms with E-state index in [2.05, 4.69) is 0 Å². The van der Waals surface area contributed by atoms with Gasteiger partial charge >= 0.3 is 0 Å². The number of ether oxygens (including phenoxy) is 1. The van der Waals surface area contributed by atoms with Crippen LogP contribution in [-0.4, -0.2) is 18.2 Å². The Labute approximate surface area is 107 Å². The van der Waals surface area contributed by atoms with Gasteiger partial charge in [0.15, 0.2) is 0 Å². The molecule has 4 heteroatoms. The van der Waals surface area contributed by atoms with Crippen LogP contribution in [0.15, 0.2) is 18.2 Å². The predicted octanol–water partition coefficient (Wildman–Crippen LogP) is 3.16. The molecule has 2 nitrogen and oxygen atoms in total. The number of nitrogens with two attached hydrogens (primary N) is 1. The summed E-state index contributed by atoms with van der Waals surface area (Å²) in [6.45, 7) is 6.33. The van der Waals surface area contributed by atoms with E-state index >= 15 is 0 Å². The molecule has 0 aromatic heterocycles. The van der Waals surface area contributed by atoms with Gasteiger partial charge in [-0.1, -0.05) is 11.6 Å². The van der Waals surface area contributed by atoms with Gasteiger partial charge in [0.2, 0.25) is 0 Å². The summed E-state index contributed by atoms with van der Waals surface area (Å²) in [6.07, 6.45) is 0.507. The van der Waals surface area contributed by atoms with Gasteiger partial charge in [-0.2, -0.15) is 0 Å². The van der Waals surface area contributed by atoms with Crippen molar-refractivity contribution in [3.05, 3.63) is 34.6 Å². The normalized spacial score (nSPS) is 13.8. The van der Waals surface area contributed by atoms with Crippen LogP contribution in [0.1, 0.15) is 26.3 Å². The minimum Gasteiger partial charge on any atom is -0.374 e. The molecular formula is C13H19ClFNO. The zero-order chi connectivity index (χ0) is 13.1. The first-order valence-corrected chi connectivity index (χ1v) is 5.99. The van der Waals surface area contributed by atoms with Crippen LogP contribution in [0.5, 0.6) is 0 Å². The minimum absolute atomic E-state index is 0.187. The molecule has 17 heavy (non-hydrogen) atoms. The van der Waals surface area contributed by atoms with Gasteiger partial charge in [-0.3, -0.25) is 0 Å². The first-order chi connectivity index (χ1) is 7.78. The Kier molecular flexibility index (Phi) is 4.92. The molecule has 0 spiro atoms. The molecule has 0 heterocycles. The second-order valence-corrected chi connectivity index (χ2v) is 5.53. The topological polar surface area (TPSA) is 35.2 Å². The first kappa shape index (κ1) is 14.4. The Hall–Kier alpha value is -0.640. The lowest BCUT2D eigenvalue weighted by Gasteiger charge is -2.22. The van der Waals surface area contributed by atoms with Crippen LogP contribution >= 0.6 is 11.6 Å². The van der Waals surface area contributed by atoms with E-state index in [4.69, 9.17) is 22.1 Å². The standard InChI is InChI=1S/C13H19ClFNO/c1-13(2,3)17-8-11(16)7-9-6-10(15)4-5-12(9)14/h4-6,11H,7-8,16H2,1-3H3. The highest BCUT2D eigenvalue weighted by molar-refractivity contribution is 6.31. The molecule has 0 aliphatic rings. The molecule has 0 amide bonds. The summed E-state index contributed by atoms with van der Waals surface area (Å²) in [4.78, 5) is 0. The van der Waals surface area contributed by atoms with E-state index in [-0.39, 0.29) is 17.5 Å². The number of rotatable bonds is 4. The third kappa shape index (κ3) is 5.48. The molecule has 0 saturated carbocycles. The molecule has 0 aliphatic carbocycles. The summed E-state index contributed by atoms with van der Waals surface area (Å²) in [5.41, 5.74) is 6.43. The fourth-order valence-electron chi connectivity index (χ4n) is 1.40. The zero-order valence-electron chi connectivity index (χ0n) is 10.5. The number of hydrogen-bond donors (Lipinski definition) is 1. The molecular weight excluding hydrogens is 241 g/mol. The van der Waals surface area contributed by atoms with Gasteiger partial charge in [-0.15, -0.1) is 0 Å². The molecule has 1 unspecified atom stereocenters. The molecule has 1 aromatic rings. The van der Waals surface area contributed by atoms with Gasteiger partial charge in [-0.05, 0) is 51.0 Å². The summed E-state index contributed by atoms with van der Waals surface area (Å²) >= 11 is 5.97. The smallest absolute Gasteiger partial charge is 0.123 e. The fourth-order valence-corrected chi connectivity index (χ4v) is 1.59. The Bertz CT molecular complexity index is 376. The largest absolute Gasteiger partial charge is 0.374 e. The highest BCUT2D eigenvalue weighted by atomic mass is 35.5. The van der Waals surface area contributed by atoms with E-state index < -0.39 is 0 Å². The maximum atomic E-state index is 13.0. The third-order valence-electron chi connectivity index (χ3n) is 2.22. The average molecular weight is 260 g/mol. The van der Waals surface area contributed by atoms with Gasteiger partial charge in [0.05, 0.1) is 12.2 Å². The Morgan fingerprint density at radius 2 is 2.06 bits per heavy atom. The molecule has 1 atom stereocenters. The molecule has 0 fully saturated rings. The van der Waals surface area contributed by atoms with Crippen molar-refractivity contribution in [1.29, 1.82) is 0 Å². The lowest BCUT2D eigenvalue weighted by Crippen LogP contribution is -2.33. The van der Waals surface area contributed by atoms with E-state index in [1.165, 1.54) is 12.1 Å². The van der Waals surface area contributed by atoms with E-state index in [1.807, 2.05) is 20.8 Å². The Balaban J connectivity index is 2.56. The van der Waals surface area contributed by atoms with Crippen molar-refractivity contribution in [2.24, 2.45) is 5.73 Å². The molecule has 1 rings (SSSR count). The van der Waals surface area contributed by atoms with E-state index in [9.17, 15) is 4.39 Å². The lowest BCUT2D eigenvalue weighted by molar-refractivity contribution is -0.00983. The van der Waals surface area contributed by atoms with Gasteiger partial charge in [-0.25, -0.2) is 4.39 Å². The molecule has 0 radical (unpaired) electrons.